The molecular formula is C32H30. The third kappa shape index (κ3) is 2.82. The predicted molar refractivity (Wildman–Crippen MR) is 136 cm³/mol. The molecule has 0 radical (unpaired) electrons. The molecule has 0 bridgehead atoms. The van der Waals surface area contributed by atoms with E-state index in [0.717, 1.165) is 25.7 Å². The zero-order valence-corrected chi connectivity index (χ0v) is 19.6. The number of aryl methyl sites for hydroxylation is 6. The second kappa shape index (κ2) is 7.20. The second-order valence-electron chi connectivity index (χ2n) is 9.86. The molecule has 0 aliphatic heterocycles. The topological polar surface area (TPSA) is 0 Å². The molecular weight excluding hydrogens is 384 g/mol. The van der Waals surface area contributed by atoms with Crippen molar-refractivity contribution in [3.8, 4) is 22.3 Å². The molecule has 4 aromatic carbocycles. The first-order valence-corrected chi connectivity index (χ1v) is 11.9. The fourth-order valence-corrected chi connectivity index (χ4v) is 6.30. The molecule has 32 heavy (non-hydrogen) atoms. The predicted octanol–water partition coefficient (Wildman–Crippen LogP) is 7.85. The first-order chi connectivity index (χ1) is 15.5. The van der Waals surface area contributed by atoms with Crippen LogP contribution in [0.3, 0.4) is 0 Å². The lowest BCUT2D eigenvalue weighted by atomic mass is 9.89. The Morgan fingerprint density at radius 1 is 0.469 bits per heavy atom. The van der Waals surface area contributed by atoms with E-state index < -0.39 is 0 Å². The average molecular weight is 415 g/mol. The number of hydrogen-bond acceptors (Lipinski definition) is 0. The van der Waals surface area contributed by atoms with Gasteiger partial charge >= 0.3 is 0 Å². The third-order valence-electron chi connectivity index (χ3n) is 7.85. The Morgan fingerprint density at radius 3 is 1.31 bits per heavy atom. The van der Waals surface area contributed by atoms with Gasteiger partial charge in [0.25, 0.3) is 0 Å². The summed E-state index contributed by atoms with van der Waals surface area (Å²) >= 11 is 0. The number of rotatable bonds is 3. The molecule has 0 saturated heterocycles. The average Bonchev–Trinajstić information content (AvgIpc) is 3.36. The van der Waals surface area contributed by atoms with Crippen LogP contribution in [-0.2, 0) is 25.7 Å². The van der Waals surface area contributed by atoms with Crippen molar-refractivity contribution in [2.24, 2.45) is 0 Å². The van der Waals surface area contributed by atoms with Crippen molar-refractivity contribution < 1.29 is 0 Å². The van der Waals surface area contributed by atoms with Crippen LogP contribution in [0.2, 0.25) is 0 Å². The minimum atomic E-state index is 1.08. The van der Waals surface area contributed by atoms with Crippen molar-refractivity contribution in [2.45, 2.75) is 53.4 Å². The number of hydrogen-bond donors (Lipinski definition) is 0. The first-order valence-electron chi connectivity index (χ1n) is 11.9. The lowest BCUT2D eigenvalue weighted by Gasteiger charge is -2.15. The molecule has 0 heteroatoms. The summed E-state index contributed by atoms with van der Waals surface area (Å²) in [5.74, 6) is 0. The highest BCUT2D eigenvalue weighted by atomic mass is 14.3. The molecule has 0 amide bonds. The maximum absolute atomic E-state index is 2.39. The Kier molecular flexibility index (Phi) is 4.40. The summed E-state index contributed by atoms with van der Waals surface area (Å²) in [7, 11) is 0. The summed E-state index contributed by atoms with van der Waals surface area (Å²) in [6.45, 7) is 9.07. The summed E-state index contributed by atoms with van der Waals surface area (Å²) in [6.07, 6.45) is 4.39. The van der Waals surface area contributed by atoms with Crippen molar-refractivity contribution in [3.63, 3.8) is 0 Å². The largest absolute Gasteiger partial charge is 0.0617 e. The van der Waals surface area contributed by atoms with Crippen LogP contribution in [0.4, 0.5) is 0 Å². The second-order valence-corrected chi connectivity index (χ2v) is 9.86. The van der Waals surface area contributed by atoms with E-state index in [2.05, 4.69) is 88.4 Å². The zero-order chi connectivity index (χ0) is 22.0. The zero-order valence-electron chi connectivity index (χ0n) is 19.6. The highest BCUT2D eigenvalue weighted by Gasteiger charge is 2.26. The van der Waals surface area contributed by atoms with Gasteiger partial charge in [0, 0.05) is 0 Å². The molecule has 0 aromatic heterocycles. The van der Waals surface area contributed by atoms with Crippen LogP contribution >= 0.6 is 0 Å². The minimum absolute atomic E-state index is 1.08. The van der Waals surface area contributed by atoms with Gasteiger partial charge in [0.05, 0.1) is 0 Å². The molecule has 158 valence electrons. The summed E-state index contributed by atoms with van der Waals surface area (Å²) in [6, 6.07) is 23.0. The lowest BCUT2D eigenvalue weighted by Crippen LogP contribution is -2.01. The molecule has 0 saturated carbocycles. The van der Waals surface area contributed by atoms with Gasteiger partial charge < -0.3 is 0 Å². The molecule has 0 fully saturated rings. The van der Waals surface area contributed by atoms with Gasteiger partial charge in [-0.25, -0.2) is 0 Å². The fourth-order valence-electron chi connectivity index (χ4n) is 6.30. The van der Waals surface area contributed by atoms with E-state index in [1.807, 2.05) is 0 Å². The van der Waals surface area contributed by atoms with Crippen molar-refractivity contribution in [3.05, 3.63) is 116 Å². The van der Waals surface area contributed by atoms with Gasteiger partial charge in [-0.3, -0.25) is 0 Å². The number of fused-ring (bicyclic) bond motifs is 6. The van der Waals surface area contributed by atoms with Gasteiger partial charge in [0.2, 0.25) is 0 Å². The highest BCUT2D eigenvalue weighted by Crippen LogP contribution is 2.44. The van der Waals surface area contributed by atoms with Gasteiger partial charge in [0.15, 0.2) is 0 Å². The van der Waals surface area contributed by atoms with Crippen molar-refractivity contribution in [1.29, 1.82) is 0 Å². The summed E-state index contributed by atoms with van der Waals surface area (Å²) < 4.78 is 0. The molecule has 0 atom stereocenters. The maximum Gasteiger partial charge on any atom is -0.00105 e. The Balaban J connectivity index is 1.37. The lowest BCUT2D eigenvalue weighted by molar-refractivity contribution is 0.927. The van der Waals surface area contributed by atoms with Crippen molar-refractivity contribution in [1.82, 2.24) is 0 Å². The van der Waals surface area contributed by atoms with E-state index in [4.69, 9.17) is 0 Å². The van der Waals surface area contributed by atoms with Gasteiger partial charge in [-0.2, -0.15) is 0 Å². The van der Waals surface area contributed by atoms with Gasteiger partial charge in [-0.15, -0.1) is 0 Å². The summed E-state index contributed by atoms with van der Waals surface area (Å²) in [5.41, 5.74) is 20.8. The quantitative estimate of drug-likeness (QED) is 0.277. The summed E-state index contributed by atoms with van der Waals surface area (Å²) in [4.78, 5) is 0. The Bertz CT molecular complexity index is 1290. The van der Waals surface area contributed by atoms with Crippen LogP contribution in [0.1, 0.15) is 55.6 Å². The van der Waals surface area contributed by atoms with E-state index >= 15 is 0 Å². The summed E-state index contributed by atoms with van der Waals surface area (Å²) in [5, 5.41) is 0. The molecule has 4 aromatic rings. The maximum atomic E-state index is 2.39. The van der Waals surface area contributed by atoms with E-state index in [1.54, 1.807) is 11.1 Å². The fraction of sp³-hybridized carbons (Fsp3) is 0.250. The first kappa shape index (κ1) is 19.6. The van der Waals surface area contributed by atoms with Crippen LogP contribution in [0, 0.1) is 27.7 Å². The van der Waals surface area contributed by atoms with E-state index in [1.165, 1.54) is 66.8 Å². The molecule has 2 aliphatic carbocycles. The molecule has 0 unspecified atom stereocenters. The van der Waals surface area contributed by atoms with Crippen LogP contribution < -0.4 is 0 Å². The molecule has 2 aliphatic rings. The Morgan fingerprint density at radius 2 is 0.875 bits per heavy atom. The van der Waals surface area contributed by atoms with Crippen LogP contribution in [0.15, 0.2) is 60.7 Å². The van der Waals surface area contributed by atoms with E-state index in [9.17, 15) is 0 Å². The molecule has 0 heterocycles. The molecule has 0 spiro atoms. The van der Waals surface area contributed by atoms with Crippen LogP contribution in [0.5, 0.6) is 0 Å². The Labute approximate surface area is 192 Å². The highest BCUT2D eigenvalue weighted by molar-refractivity contribution is 5.84. The van der Waals surface area contributed by atoms with Gasteiger partial charge in [-0.05, 0) is 131 Å². The minimum Gasteiger partial charge on any atom is -0.0617 e. The van der Waals surface area contributed by atoms with E-state index in [-0.39, 0.29) is 0 Å². The van der Waals surface area contributed by atoms with Gasteiger partial charge in [-0.1, -0.05) is 60.7 Å². The Hall–Kier alpha value is -3.12. The van der Waals surface area contributed by atoms with Gasteiger partial charge in [0.1, 0.15) is 0 Å². The number of benzene rings is 4. The third-order valence-corrected chi connectivity index (χ3v) is 7.85. The molecule has 6 rings (SSSR count). The van der Waals surface area contributed by atoms with Crippen molar-refractivity contribution >= 4 is 0 Å². The van der Waals surface area contributed by atoms with Crippen LogP contribution in [-0.4, -0.2) is 0 Å². The monoisotopic (exact) mass is 414 g/mol. The standard InChI is InChI=1S/C32H30/c1-19-7-5-9-25-17-27-23(13-11-21(3)31(27)29(19)25)15-16-24-14-12-22(4)32-28(24)18-26-10-6-8-20(2)30(26)32/h5-14H,15-18H2,1-4H3. The van der Waals surface area contributed by atoms with Crippen molar-refractivity contribution in [2.75, 3.05) is 0 Å². The normalized spacial score (nSPS) is 13.0. The van der Waals surface area contributed by atoms with E-state index in [0.29, 0.717) is 0 Å². The smallest absolute Gasteiger partial charge is 0.00105 e. The molecule has 0 nitrogen and oxygen atoms in total. The molecule has 0 N–H and O–H groups in total. The SMILES string of the molecule is Cc1cccc2c1-c1c(C)ccc(CCc3ccc(C)c4c3Cc3cccc(C)c3-4)c1C2. The van der Waals surface area contributed by atoms with Crippen LogP contribution in [0.25, 0.3) is 22.3 Å².